The molecule has 0 saturated carbocycles. The topological polar surface area (TPSA) is 130 Å². The lowest BCUT2D eigenvalue weighted by Crippen LogP contribution is -2.37. The van der Waals surface area contributed by atoms with Crippen molar-refractivity contribution in [3.05, 3.63) is 34.4 Å². The van der Waals surface area contributed by atoms with Crippen LogP contribution in [-0.2, 0) is 28.6 Å². The highest BCUT2D eigenvalue weighted by Gasteiger charge is 2.35. The Morgan fingerprint density at radius 2 is 1.75 bits per heavy atom. The normalized spacial score (nSPS) is 12.7. The summed E-state index contributed by atoms with van der Waals surface area (Å²) in [4.78, 5) is 33.0. The number of ether oxygens (including phenoxy) is 1. The maximum atomic E-state index is 12.2. The van der Waals surface area contributed by atoms with E-state index >= 15 is 0 Å². The van der Waals surface area contributed by atoms with Crippen LogP contribution in [0.1, 0.15) is 20.8 Å². The summed E-state index contributed by atoms with van der Waals surface area (Å²) in [6, 6.07) is 3.96. The van der Waals surface area contributed by atoms with Crippen LogP contribution >= 0.6 is 0 Å². The van der Waals surface area contributed by atoms with E-state index < -0.39 is 38.8 Å². The molecule has 9 nitrogen and oxygen atoms in total. The van der Waals surface area contributed by atoms with Gasteiger partial charge in [0, 0.05) is 12.1 Å². The van der Waals surface area contributed by atoms with E-state index in [-0.39, 0.29) is 17.2 Å². The molecule has 0 aromatic heterocycles. The van der Waals surface area contributed by atoms with Gasteiger partial charge in [0.1, 0.15) is 6.10 Å². The number of nitrogens with zero attached hydrogens (tertiary/aromatic N) is 1. The summed E-state index contributed by atoms with van der Waals surface area (Å²) in [5.41, 5.74) is -0.294. The van der Waals surface area contributed by atoms with Crippen LogP contribution in [0.3, 0.4) is 0 Å². The van der Waals surface area contributed by atoms with E-state index in [1.807, 2.05) is 0 Å². The fraction of sp³-hybridized carbons (Fsp3) is 0.429. The molecule has 0 heterocycles. The second-order valence-electron chi connectivity index (χ2n) is 5.05. The van der Waals surface area contributed by atoms with Gasteiger partial charge in [-0.1, -0.05) is 13.8 Å². The first-order chi connectivity index (χ1) is 11.1. The molecular weight excluding hydrogens is 342 g/mol. The monoisotopic (exact) mass is 359 g/mol. The van der Waals surface area contributed by atoms with Crippen LogP contribution in [-0.4, -0.2) is 37.8 Å². The predicted molar refractivity (Wildman–Crippen MR) is 81.6 cm³/mol. The molecular formula is C14H17NO8S. The minimum atomic E-state index is -4.39. The number of ketones is 1. The van der Waals surface area contributed by atoms with Crippen molar-refractivity contribution in [1.29, 1.82) is 0 Å². The van der Waals surface area contributed by atoms with Crippen molar-refractivity contribution in [2.45, 2.75) is 31.8 Å². The van der Waals surface area contributed by atoms with E-state index in [0.717, 1.165) is 24.3 Å². The van der Waals surface area contributed by atoms with Crippen LogP contribution in [0.15, 0.2) is 29.2 Å². The average molecular weight is 359 g/mol. The number of non-ortho nitro benzene ring substituents is 1. The fourth-order valence-corrected chi connectivity index (χ4v) is 2.87. The van der Waals surface area contributed by atoms with Gasteiger partial charge in [-0.25, -0.2) is 4.79 Å². The molecule has 0 aliphatic rings. The highest BCUT2D eigenvalue weighted by molar-refractivity contribution is 7.86. The third-order valence-electron chi connectivity index (χ3n) is 2.91. The lowest BCUT2D eigenvalue weighted by atomic mass is 10.0. The van der Waals surface area contributed by atoms with Gasteiger partial charge in [0.15, 0.2) is 0 Å². The number of carbonyl (C=O) groups is 2. The van der Waals surface area contributed by atoms with Crippen LogP contribution in [0.4, 0.5) is 5.69 Å². The van der Waals surface area contributed by atoms with Crippen LogP contribution in [0, 0.1) is 16.0 Å². The Balaban J connectivity index is 3.06. The van der Waals surface area contributed by atoms with Crippen molar-refractivity contribution in [2.75, 3.05) is 6.61 Å². The Morgan fingerprint density at radius 1 is 1.21 bits per heavy atom. The lowest BCUT2D eigenvalue weighted by molar-refractivity contribution is -0.384. The molecule has 1 aromatic carbocycles. The lowest BCUT2D eigenvalue weighted by Gasteiger charge is -2.18. The molecule has 24 heavy (non-hydrogen) atoms. The van der Waals surface area contributed by atoms with Gasteiger partial charge in [0.05, 0.1) is 16.4 Å². The second-order valence-corrected chi connectivity index (χ2v) is 6.62. The van der Waals surface area contributed by atoms with Gasteiger partial charge in [-0.15, -0.1) is 0 Å². The van der Waals surface area contributed by atoms with Gasteiger partial charge in [-0.2, -0.15) is 8.42 Å². The van der Waals surface area contributed by atoms with Crippen LogP contribution in [0.5, 0.6) is 0 Å². The molecule has 0 fully saturated rings. The van der Waals surface area contributed by atoms with E-state index in [2.05, 4.69) is 4.74 Å². The maximum absolute atomic E-state index is 12.2. The van der Waals surface area contributed by atoms with Gasteiger partial charge in [-0.3, -0.25) is 19.1 Å². The first kappa shape index (κ1) is 19.7. The zero-order valence-corrected chi connectivity index (χ0v) is 14.1. The van der Waals surface area contributed by atoms with Crippen LogP contribution < -0.4 is 0 Å². The number of rotatable bonds is 8. The largest absolute Gasteiger partial charge is 0.460 e. The van der Waals surface area contributed by atoms with Crippen molar-refractivity contribution in [3.8, 4) is 0 Å². The molecule has 0 N–H and O–H groups in total. The molecule has 132 valence electrons. The summed E-state index contributed by atoms with van der Waals surface area (Å²) < 4.78 is 33.9. The number of nitro benzene ring substituents is 1. The zero-order chi connectivity index (χ0) is 18.5. The molecule has 1 unspecified atom stereocenters. The average Bonchev–Trinajstić information content (AvgIpc) is 2.52. The highest BCUT2D eigenvalue weighted by Crippen LogP contribution is 2.21. The molecule has 10 heteroatoms. The molecule has 0 bridgehead atoms. The molecule has 0 aliphatic carbocycles. The Hall–Kier alpha value is -2.33. The fourth-order valence-electron chi connectivity index (χ4n) is 1.70. The number of carbonyl (C=O) groups excluding carboxylic acids is 2. The molecule has 1 atom stereocenters. The summed E-state index contributed by atoms with van der Waals surface area (Å²) in [5.74, 6) is -2.91. The summed E-state index contributed by atoms with van der Waals surface area (Å²) in [5, 5.41) is 10.6. The highest BCUT2D eigenvalue weighted by atomic mass is 32.2. The number of Topliss-reactive ketones (excluding diaryl/α,β-unsaturated/α-hetero) is 1. The van der Waals surface area contributed by atoms with Crippen molar-refractivity contribution in [2.24, 2.45) is 5.92 Å². The van der Waals surface area contributed by atoms with Crippen LogP contribution in [0.25, 0.3) is 0 Å². The third kappa shape index (κ3) is 4.83. The molecule has 0 amide bonds. The van der Waals surface area contributed by atoms with Crippen molar-refractivity contribution < 1.29 is 31.9 Å². The number of hydrogen-bond acceptors (Lipinski definition) is 8. The minimum absolute atomic E-state index is 0.0372. The van der Waals surface area contributed by atoms with Crippen molar-refractivity contribution in [3.63, 3.8) is 0 Å². The second kappa shape index (κ2) is 7.97. The van der Waals surface area contributed by atoms with E-state index in [1.54, 1.807) is 0 Å². The van der Waals surface area contributed by atoms with Crippen molar-refractivity contribution >= 4 is 27.6 Å². The van der Waals surface area contributed by atoms with Crippen LogP contribution in [0.2, 0.25) is 0 Å². The van der Waals surface area contributed by atoms with E-state index in [9.17, 15) is 28.1 Å². The molecule has 0 aliphatic heterocycles. The molecule has 0 saturated heterocycles. The summed E-state index contributed by atoms with van der Waals surface area (Å²) in [6.45, 7) is 4.48. The summed E-state index contributed by atoms with van der Waals surface area (Å²) in [7, 11) is -4.39. The number of nitro groups is 1. The van der Waals surface area contributed by atoms with E-state index in [4.69, 9.17) is 4.18 Å². The third-order valence-corrected chi connectivity index (χ3v) is 4.22. The minimum Gasteiger partial charge on any atom is -0.460 e. The Kier molecular flexibility index (Phi) is 6.55. The molecule has 1 rings (SSSR count). The van der Waals surface area contributed by atoms with E-state index in [0.29, 0.717) is 0 Å². The van der Waals surface area contributed by atoms with Gasteiger partial charge in [0.25, 0.3) is 21.6 Å². The predicted octanol–water partition coefficient (Wildman–Crippen LogP) is 1.46. The summed E-state index contributed by atoms with van der Waals surface area (Å²) >= 11 is 0. The molecule has 1 aromatic rings. The number of hydrogen-bond donors (Lipinski definition) is 0. The Bertz CT molecular complexity index is 724. The quantitative estimate of drug-likeness (QED) is 0.224. The van der Waals surface area contributed by atoms with E-state index in [1.165, 1.54) is 20.8 Å². The smallest absolute Gasteiger partial charge is 0.377 e. The van der Waals surface area contributed by atoms with Gasteiger partial charge >= 0.3 is 5.97 Å². The maximum Gasteiger partial charge on any atom is 0.377 e. The Morgan fingerprint density at radius 3 is 2.17 bits per heavy atom. The number of esters is 1. The Labute approximate surface area is 138 Å². The number of benzene rings is 1. The molecule has 0 radical (unpaired) electrons. The van der Waals surface area contributed by atoms with Crippen molar-refractivity contribution in [1.82, 2.24) is 0 Å². The first-order valence-electron chi connectivity index (χ1n) is 6.98. The zero-order valence-electron chi connectivity index (χ0n) is 13.3. The molecule has 0 spiro atoms. The summed E-state index contributed by atoms with van der Waals surface area (Å²) in [6.07, 6.45) is -1.55. The SMILES string of the molecule is CCOC(=O)C(=O)C(OS(=O)(=O)c1ccc([N+](=O)[O-])cc1)C(C)C. The van der Waals surface area contributed by atoms with Gasteiger partial charge < -0.3 is 4.74 Å². The standard InChI is InChI=1S/C14H17NO8S/c1-4-22-14(17)12(16)13(9(2)3)23-24(20,21)11-7-5-10(6-8-11)15(18)19/h5-9,13H,4H2,1-3H3. The van der Waals surface area contributed by atoms with Gasteiger partial charge in [0.2, 0.25) is 0 Å². The first-order valence-corrected chi connectivity index (χ1v) is 8.39. The van der Waals surface area contributed by atoms with Gasteiger partial charge in [-0.05, 0) is 25.0 Å².